The van der Waals surface area contributed by atoms with E-state index >= 15 is 0 Å². The Bertz CT molecular complexity index is 939. The van der Waals surface area contributed by atoms with Crippen molar-refractivity contribution in [2.24, 2.45) is 5.92 Å². The number of rotatable bonds is 4. The molecule has 1 unspecified atom stereocenters. The van der Waals surface area contributed by atoms with Gasteiger partial charge in [-0.05, 0) is 43.0 Å². The van der Waals surface area contributed by atoms with Crippen molar-refractivity contribution >= 4 is 17.2 Å². The lowest BCUT2D eigenvalue weighted by Gasteiger charge is -2.16. The first-order chi connectivity index (χ1) is 12.2. The second-order valence-electron chi connectivity index (χ2n) is 6.74. The van der Waals surface area contributed by atoms with Crippen LogP contribution in [0.15, 0.2) is 59.5 Å². The third kappa shape index (κ3) is 3.75. The average Bonchev–Trinajstić information content (AvgIpc) is 3.03. The van der Waals surface area contributed by atoms with Gasteiger partial charge in [-0.15, -0.1) is 0 Å². The number of fused-ring (bicyclic) bond motifs is 1. The molecule has 1 aliphatic rings. The number of nitrogens with zero attached hydrogens (tertiary/aromatic N) is 3. The van der Waals surface area contributed by atoms with E-state index in [2.05, 4.69) is 40.2 Å². The lowest BCUT2D eigenvalue weighted by atomic mass is 9.99. The first-order valence-corrected chi connectivity index (χ1v) is 8.99. The topological polar surface area (TPSA) is 37.6 Å². The van der Waals surface area contributed by atoms with E-state index in [9.17, 15) is 4.79 Å². The van der Waals surface area contributed by atoms with Crippen LogP contribution in [0, 0.1) is 5.92 Å². The second kappa shape index (κ2) is 6.98. The number of benzene rings is 1. The van der Waals surface area contributed by atoms with Gasteiger partial charge in [0.2, 0.25) is 0 Å². The van der Waals surface area contributed by atoms with E-state index in [1.54, 1.807) is 24.4 Å². The molecule has 3 aromatic rings. The minimum Gasteiger partial charge on any atom is -0.297 e. The van der Waals surface area contributed by atoms with Crippen LogP contribution in [0.1, 0.15) is 17.7 Å². The monoisotopic (exact) mass is 353 g/mol. The van der Waals surface area contributed by atoms with Gasteiger partial charge < -0.3 is 0 Å². The predicted octanol–water partition coefficient (Wildman–Crippen LogP) is 3.41. The van der Waals surface area contributed by atoms with Crippen molar-refractivity contribution in [2.45, 2.75) is 19.4 Å². The van der Waals surface area contributed by atoms with Gasteiger partial charge in [0, 0.05) is 25.4 Å². The molecule has 3 heterocycles. The van der Waals surface area contributed by atoms with Crippen molar-refractivity contribution in [3.05, 3.63) is 81.4 Å². The zero-order valence-electron chi connectivity index (χ0n) is 13.9. The third-order valence-corrected chi connectivity index (χ3v) is 5.02. The maximum Gasteiger partial charge on any atom is 0.258 e. The summed E-state index contributed by atoms with van der Waals surface area (Å²) in [7, 11) is 0. The molecule has 1 aromatic carbocycles. The fourth-order valence-electron chi connectivity index (χ4n) is 3.61. The Balaban J connectivity index is 1.45. The minimum atomic E-state index is -0.0810. The standard InChI is InChI=1S/C20H20ClN3O/c21-17-6-7-19-22-18(11-20(25)24(19)13-17)14-23-9-8-16(12-23)10-15-4-2-1-3-5-15/h1-7,11,13,16H,8-10,12,14H2. The van der Waals surface area contributed by atoms with Gasteiger partial charge in [-0.25, -0.2) is 4.98 Å². The SMILES string of the molecule is O=c1cc(CN2CCC(Cc3ccccc3)C2)nc2ccc(Cl)cn12. The lowest BCUT2D eigenvalue weighted by molar-refractivity contribution is 0.312. The molecule has 0 saturated carbocycles. The van der Waals surface area contributed by atoms with Crippen molar-refractivity contribution in [3.63, 3.8) is 0 Å². The maximum absolute atomic E-state index is 12.3. The van der Waals surface area contributed by atoms with Gasteiger partial charge in [0.15, 0.2) is 0 Å². The van der Waals surface area contributed by atoms with E-state index in [0.29, 0.717) is 16.6 Å². The van der Waals surface area contributed by atoms with Crippen molar-refractivity contribution < 1.29 is 0 Å². The fraction of sp³-hybridized carbons (Fsp3) is 0.300. The van der Waals surface area contributed by atoms with Crippen molar-refractivity contribution in [3.8, 4) is 0 Å². The van der Waals surface area contributed by atoms with Crippen LogP contribution in [0.2, 0.25) is 5.02 Å². The predicted molar refractivity (Wildman–Crippen MR) is 100 cm³/mol. The van der Waals surface area contributed by atoms with Gasteiger partial charge >= 0.3 is 0 Å². The number of likely N-dealkylation sites (tertiary alicyclic amines) is 1. The van der Waals surface area contributed by atoms with Crippen LogP contribution < -0.4 is 5.56 Å². The highest BCUT2D eigenvalue weighted by atomic mass is 35.5. The normalized spacial score (nSPS) is 18.0. The summed E-state index contributed by atoms with van der Waals surface area (Å²) >= 11 is 5.95. The number of hydrogen-bond donors (Lipinski definition) is 0. The van der Waals surface area contributed by atoms with Gasteiger partial charge in [0.1, 0.15) is 5.65 Å². The van der Waals surface area contributed by atoms with E-state index in [1.807, 2.05) is 0 Å². The highest BCUT2D eigenvalue weighted by Crippen LogP contribution is 2.22. The summed E-state index contributed by atoms with van der Waals surface area (Å²) in [5, 5.41) is 0.535. The molecule has 2 aromatic heterocycles. The summed E-state index contributed by atoms with van der Waals surface area (Å²) < 4.78 is 1.49. The number of hydrogen-bond acceptors (Lipinski definition) is 3. The Morgan fingerprint density at radius 3 is 2.84 bits per heavy atom. The summed E-state index contributed by atoms with van der Waals surface area (Å²) in [6.45, 7) is 2.83. The van der Waals surface area contributed by atoms with Crippen molar-refractivity contribution in [1.29, 1.82) is 0 Å². The van der Waals surface area contributed by atoms with E-state index in [4.69, 9.17) is 11.6 Å². The van der Waals surface area contributed by atoms with E-state index in [-0.39, 0.29) is 5.56 Å². The average molecular weight is 354 g/mol. The summed E-state index contributed by atoms with van der Waals surface area (Å²) in [5.41, 5.74) is 2.79. The first-order valence-electron chi connectivity index (χ1n) is 8.61. The number of aromatic nitrogens is 2. The summed E-state index contributed by atoms with van der Waals surface area (Å²) in [5.74, 6) is 0.669. The van der Waals surface area contributed by atoms with E-state index < -0.39 is 0 Å². The quantitative estimate of drug-likeness (QED) is 0.721. The molecular weight excluding hydrogens is 334 g/mol. The molecule has 0 aliphatic carbocycles. The second-order valence-corrected chi connectivity index (χ2v) is 7.18. The van der Waals surface area contributed by atoms with Crippen molar-refractivity contribution in [2.75, 3.05) is 13.1 Å². The number of pyridine rings is 1. The molecule has 1 aliphatic heterocycles. The van der Waals surface area contributed by atoms with Gasteiger partial charge in [0.25, 0.3) is 5.56 Å². The molecule has 128 valence electrons. The molecular formula is C20H20ClN3O. The van der Waals surface area contributed by atoms with Crippen LogP contribution in [0.25, 0.3) is 5.65 Å². The summed E-state index contributed by atoms with van der Waals surface area (Å²) in [6.07, 6.45) is 3.92. The molecule has 0 N–H and O–H groups in total. The van der Waals surface area contributed by atoms with Gasteiger partial charge in [0.05, 0.1) is 10.7 Å². The summed E-state index contributed by atoms with van der Waals surface area (Å²) in [4.78, 5) is 19.3. The molecule has 5 heteroatoms. The first kappa shape index (κ1) is 16.3. The van der Waals surface area contributed by atoms with Crippen LogP contribution in [0.3, 0.4) is 0 Å². The lowest BCUT2D eigenvalue weighted by Crippen LogP contribution is -2.24. The molecule has 4 nitrogen and oxygen atoms in total. The fourth-order valence-corrected chi connectivity index (χ4v) is 3.77. The van der Waals surface area contributed by atoms with Crippen LogP contribution >= 0.6 is 11.6 Å². The van der Waals surface area contributed by atoms with E-state index in [0.717, 1.165) is 31.7 Å². The van der Waals surface area contributed by atoms with Crippen molar-refractivity contribution in [1.82, 2.24) is 14.3 Å². The molecule has 4 rings (SSSR count). The number of halogens is 1. The minimum absolute atomic E-state index is 0.0810. The Morgan fingerprint density at radius 1 is 1.16 bits per heavy atom. The molecule has 1 saturated heterocycles. The third-order valence-electron chi connectivity index (χ3n) is 4.80. The van der Waals surface area contributed by atoms with Gasteiger partial charge in [-0.2, -0.15) is 0 Å². The van der Waals surface area contributed by atoms with Crippen LogP contribution in [-0.2, 0) is 13.0 Å². The molecule has 0 bridgehead atoms. The van der Waals surface area contributed by atoms with Crippen LogP contribution in [0.5, 0.6) is 0 Å². The zero-order valence-corrected chi connectivity index (χ0v) is 14.7. The molecule has 0 amide bonds. The highest BCUT2D eigenvalue weighted by molar-refractivity contribution is 6.30. The molecule has 0 radical (unpaired) electrons. The Labute approximate surface area is 151 Å². The molecule has 25 heavy (non-hydrogen) atoms. The maximum atomic E-state index is 12.3. The van der Waals surface area contributed by atoms with Crippen LogP contribution in [0.4, 0.5) is 0 Å². The Morgan fingerprint density at radius 2 is 2.00 bits per heavy atom. The van der Waals surface area contributed by atoms with E-state index in [1.165, 1.54) is 16.4 Å². The smallest absolute Gasteiger partial charge is 0.258 e. The van der Waals surface area contributed by atoms with Gasteiger partial charge in [-0.3, -0.25) is 14.1 Å². The largest absolute Gasteiger partial charge is 0.297 e. The highest BCUT2D eigenvalue weighted by Gasteiger charge is 2.23. The Kier molecular flexibility index (Phi) is 4.55. The molecule has 1 atom stereocenters. The zero-order chi connectivity index (χ0) is 17.2. The Hall–Kier alpha value is -2.17. The molecule has 1 fully saturated rings. The molecule has 0 spiro atoms. The summed E-state index contributed by atoms with van der Waals surface area (Å²) in [6, 6.07) is 15.8. The van der Waals surface area contributed by atoms with Gasteiger partial charge in [-0.1, -0.05) is 41.9 Å². The van der Waals surface area contributed by atoms with Crippen LogP contribution in [-0.4, -0.2) is 27.4 Å².